The molecular formula is C21H22N2O5. The molecule has 0 saturated heterocycles. The van der Waals surface area contributed by atoms with Crippen LogP contribution in [0.4, 0.5) is 11.4 Å². The second-order valence-electron chi connectivity index (χ2n) is 6.79. The summed E-state index contributed by atoms with van der Waals surface area (Å²) in [6.07, 6.45) is 1.18. The second kappa shape index (κ2) is 8.67. The van der Waals surface area contributed by atoms with Crippen LogP contribution in [-0.4, -0.2) is 30.0 Å². The van der Waals surface area contributed by atoms with E-state index < -0.39 is 5.97 Å². The van der Waals surface area contributed by atoms with Crippen molar-refractivity contribution < 1.29 is 24.2 Å². The van der Waals surface area contributed by atoms with Crippen molar-refractivity contribution in [3.8, 4) is 0 Å². The van der Waals surface area contributed by atoms with Gasteiger partial charge in [0.25, 0.3) is 0 Å². The quantitative estimate of drug-likeness (QED) is 0.683. The number of anilines is 2. The Balaban J connectivity index is 1.62. The molecule has 7 heteroatoms. The first-order chi connectivity index (χ1) is 13.5. The average molecular weight is 382 g/mol. The van der Waals surface area contributed by atoms with E-state index in [2.05, 4.69) is 10.6 Å². The third-order valence-corrected chi connectivity index (χ3v) is 4.67. The minimum atomic E-state index is -1.08. The lowest BCUT2D eigenvalue weighted by Gasteiger charge is -2.24. The van der Waals surface area contributed by atoms with Crippen LogP contribution >= 0.6 is 0 Å². The summed E-state index contributed by atoms with van der Waals surface area (Å²) >= 11 is 0. The monoisotopic (exact) mass is 382 g/mol. The van der Waals surface area contributed by atoms with E-state index in [0.29, 0.717) is 24.1 Å². The van der Waals surface area contributed by atoms with Crippen molar-refractivity contribution in [2.45, 2.75) is 25.9 Å². The number of rotatable bonds is 7. The first-order valence-corrected chi connectivity index (χ1v) is 9.01. The van der Waals surface area contributed by atoms with Crippen molar-refractivity contribution in [1.29, 1.82) is 0 Å². The van der Waals surface area contributed by atoms with Gasteiger partial charge in [-0.3, -0.25) is 9.59 Å². The fourth-order valence-electron chi connectivity index (χ4n) is 3.31. The number of carboxylic acid groups (broad SMARTS) is 1. The lowest BCUT2D eigenvalue weighted by atomic mass is 9.89. The minimum Gasteiger partial charge on any atom is -0.478 e. The third kappa shape index (κ3) is 4.75. The molecule has 0 fully saturated rings. The van der Waals surface area contributed by atoms with Gasteiger partial charge >= 0.3 is 5.97 Å². The summed E-state index contributed by atoms with van der Waals surface area (Å²) in [6, 6.07) is 12.2. The highest BCUT2D eigenvalue weighted by atomic mass is 16.5. The van der Waals surface area contributed by atoms with Crippen LogP contribution in [0.5, 0.6) is 0 Å². The van der Waals surface area contributed by atoms with E-state index in [4.69, 9.17) is 4.74 Å². The Morgan fingerprint density at radius 2 is 2.04 bits per heavy atom. The maximum Gasteiger partial charge on any atom is 0.335 e. The number of para-hydroxylation sites is 1. The molecule has 0 aliphatic carbocycles. The number of ether oxygens (including phenoxy) is 1. The Kier molecular flexibility index (Phi) is 6.06. The zero-order valence-corrected chi connectivity index (χ0v) is 15.5. The Morgan fingerprint density at radius 3 is 2.79 bits per heavy atom. The number of fused-ring (bicyclic) bond motifs is 1. The summed E-state index contributed by atoms with van der Waals surface area (Å²) in [6.45, 7) is 0.242. The summed E-state index contributed by atoms with van der Waals surface area (Å²) < 4.78 is 5.04. The van der Waals surface area contributed by atoms with Crippen LogP contribution < -0.4 is 10.6 Å². The van der Waals surface area contributed by atoms with Crippen LogP contribution in [0.25, 0.3) is 0 Å². The van der Waals surface area contributed by atoms with Crippen LogP contribution in [-0.2, 0) is 27.4 Å². The Bertz CT molecular complexity index is 909. The molecule has 1 heterocycles. The number of carboxylic acids is 1. The van der Waals surface area contributed by atoms with Gasteiger partial charge in [-0.25, -0.2) is 4.79 Å². The lowest BCUT2D eigenvalue weighted by Crippen LogP contribution is -2.30. The molecule has 0 saturated carbocycles. The summed E-state index contributed by atoms with van der Waals surface area (Å²) in [5.74, 6) is -1.69. The van der Waals surface area contributed by atoms with Crippen molar-refractivity contribution in [3.63, 3.8) is 0 Å². The SMILES string of the molecule is COCc1cc(NC(=O)CCC2Cc3ccccc3NC2=O)cc(C(=O)O)c1. The van der Waals surface area contributed by atoms with Gasteiger partial charge < -0.3 is 20.5 Å². The molecule has 146 valence electrons. The average Bonchev–Trinajstić information content (AvgIpc) is 2.66. The molecule has 2 aromatic rings. The Morgan fingerprint density at radius 1 is 1.25 bits per heavy atom. The number of hydrogen-bond donors (Lipinski definition) is 3. The first-order valence-electron chi connectivity index (χ1n) is 9.01. The molecule has 1 aliphatic heterocycles. The number of hydrogen-bond acceptors (Lipinski definition) is 4. The van der Waals surface area contributed by atoms with E-state index in [-0.39, 0.29) is 36.3 Å². The normalized spacial score (nSPS) is 15.5. The molecule has 0 spiro atoms. The number of benzene rings is 2. The molecule has 2 aromatic carbocycles. The minimum absolute atomic E-state index is 0.0770. The molecule has 28 heavy (non-hydrogen) atoms. The van der Waals surface area contributed by atoms with Gasteiger partial charge in [0.1, 0.15) is 0 Å². The number of carbonyl (C=O) groups is 3. The first kappa shape index (κ1) is 19.6. The molecule has 3 rings (SSSR count). The number of methoxy groups -OCH3 is 1. The van der Waals surface area contributed by atoms with E-state index in [1.54, 1.807) is 6.07 Å². The van der Waals surface area contributed by atoms with E-state index in [0.717, 1.165) is 11.3 Å². The van der Waals surface area contributed by atoms with Crippen molar-refractivity contribution in [2.75, 3.05) is 17.7 Å². The highest BCUT2D eigenvalue weighted by Gasteiger charge is 2.26. The lowest BCUT2D eigenvalue weighted by molar-refractivity contribution is -0.121. The number of amides is 2. The zero-order chi connectivity index (χ0) is 20.1. The van der Waals surface area contributed by atoms with Gasteiger partial charge in [0.2, 0.25) is 11.8 Å². The maximum atomic E-state index is 12.3. The van der Waals surface area contributed by atoms with Crippen LogP contribution in [0, 0.1) is 5.92 Å². The topological polar surface area (TPSA) is 105 Å². The molecule has 0 aromatic heterocycles. The van der Waals surface area contributed by atoms with E-state index >= 15 is 0 Å². The maximum absolute atomic E-state index is 12.3. The summed E-state index contributed by atoms with van der Waals surface area (Å²) in [5, 5.41) is 14.8. The molecule has 3 N–H and O–H groups in total. The molecule has 1 unspecified atom stereocenters. The van der Waals surface area contributed by atoms with E-state index in [9.17, 15) is 19.5 Å². The molecule has 1 aliphatic rings. The van der Waals surface area contributed by atoms with Gasteiger partial charge in [0.05, 0.1) is 12.2 Å². The number of aromatic carboxylic acids is 1. The summed E-state index contributed by atoms with van der Waals surface area (Å²) in [7, 11) is 1.51. The fraction of sp³-hybridized carbons (Fsp3) is 0.286. The standard InChI is InChI=1S/C21H22N2O5/c1-28-12-13-8-16(21(26)27)11-17(9-13)22-19(24)7-6-15-10-14-4-2-3-5-18(14)23-20(15)25/h2-5,8-9,11,15H,6-7,10,12H2,1H3,(H,22,24)(H,23,25)(H,26,27). The van der Waals surface area contributed by atoms with Gasteiger partial charge in [-0.2, -0.15) is 0 Å². The molecule has 0 bridgehead atoms. The van der Waals surface area contributed by atoms with Gasteiger partial charge in [-0.1, -0.05) is 18.2 Å². The molecule has 2 amide bonds. The van der Waals surface area contributed by atoms with Crippen molar-refractivity contribution in [2.24, 2.45) is 5.92 Å². The van der Waals surface area contributed by atoms with E-state index in [1.807, 2.05) is 24.3 Å². The van der Waals surface area contributed by atoms with Crippen molar-refractivity contribution in [3.05, 3.63) is 59.2 Å². The fourth-order valence-corrected chi connectivity index (χ4v) is 3.31. The van der Waals surface area contributed by atoms with Crippen LogP contribution in [0.1, 0.15) is 34.3 Å². The predicted molar refractivity (Wildman–Crippen MR) is 104 cm³/mol. The highest BCUT2D eigenvalue weighted by molar-refractivity contribution is 5.97. The molecule has 0 radical (unpaired) electrons. The van der Waals surface area contributed by atoms with Gasteiger partial charge in [0, 0.05) is 30.8 Å². The molecule has 7 nitrogen and oxygen atoms in total. The van der Waals surface area contributed by atoms with Gasteiger partial charge in [-0.05, 0) is 48.2 Å². The van der Waals surface area contributed by atoms with Gasteiger partial charge in [-0.15, -0.1) is 0 Å². The van der Waals surface area contributed by atoms with Gasteiger partial charge in [0.15, 0.2) is 0 Å². The van der Waals surface area contributed by atoms with Crippen LogP contribution in [0.15, 0.2) is 42.5 Å². The molecule has 1 atom stereocenters. The third-order valence-electron chi connectivity index (χ3n) is 4.67. The zero-order valence-electron chi connectivity index (χ0n) is 15.5. The number of carbonyl (C=O) groups excluding carboxylic acids is 2. The second-order valence-corrected chi connectivity index (χ2v) is 6.79. The van der Waals surface area contributed by atoms with E-state index in [1.165, 1.54) is 19.2 Å². The Hall–Kier alpha value is -3.19. The van der Waals surface area contributed by atoms with Crippen molar-refractivity contribution in [1.82, 2.24) is 0 Å². The predicted octanol–water partition coefficient (Wildman–Crippen LogP) is 3.06. The summed E-state index contributed by atoms with van der Waals surface area (Å²) in [5.41, 5.74) is 3.01. The smallest absolute Gasteiger partial charge is 0.335 e. The summed E-state index contributed by atoms with van der Waals surface area (Å²) in [4.78, 5) is 35.8. The molecular weight excluding hydrogens is 360 g/mol. The van der Waals surface area contributed by atoms with Crippen LogP contribution in [0.2, 0.25) is 0 Å². The van der Waals surface area contributed by atoms with Crippen LogP contribution in [0.3, 0.4) is 0 Å². The Labute approximate surface area is 162 Å². The number of nitrogens with one attached hydrogen (secondary N) is 2. The largest absolute Gasteiger partial charge is 0.478 e. The van der Waals surface area contributed by atoms with Crippen molar-refractivity contribution >= 4 is 29.2 Å². The highest BCUT2D eigenvalue weighted by Crippen LogP contribution is 2.27.